The summed E-state index contributed by atoms with van der Waals surface area (Å²) in [6.45, 7) is 1.68. The third-order valence-corrected chi connectivity index (χ3v) is 3.08. The fourth-order valence-corrected chi connectivity index (χ4v) is 2.19. The molecule has 3 heterocycles. The first-order valence-corrected chi connectivity index (χ1v) is 5.65. The average Bonchev–Trinajstić information content (AvgIpc) is 2.73. The molecule has 4 heteroatoms. The summed E-state index contributed by atoms with van der Waals surface area (Å²) in [4.78, 5) is 4.60. The summed E-state index contributed by atoms with van der Waals surface area (Å²) >= 11 is 0. The molecule has 1 saturated heterocycles. The Balaban J connectivity index is 1.97. The summed E-state index contributed by atoms with van der Waals surface area (Å²) in [5, 5.41) is 0. The van der Waals surface area contributed by atoms with Crippen LogP contribution < -0.4 is 5.73 Å². The number of nitrogens with two attached hydrogens (primary N) is 1. The molecule has 16 heavy (non-hydrogen) atoms. The first-order chi connectivity index (χ1) is 7.83. The van der Waals surface area contributed by atoms with Crippen LogP contribution in [-0.2, 0) is 4.74 Å². The topological polar surface area (TPSA) is 52.5 Å². The number of nitrogens with zero attached hydrogens (tertiary/aromatic N) is 2. The quantitative estimate of drug-likeness (QED) is 0.792. The molecule has 1 unspecified atom stereocenters. The molecule has 84 valence electrons. The van der Waals surface area contributed by atoms with Crippen molar-refractivity contribution in [3.05, 3.63) is 30.2 Å². The molecule has 2 aromatic rings. The van der Waals surface area contributed by atoms with E-state index in [1.165, 1.54) is 6.42 Å². The molecular formula is C12H15N3O. The molecule has 3 rings (SSSR count). The van der Waals surface area contributed by atoms with Gasteiger partial charge in [-0.2, -0.15) is 0 Å². The highest BCUT2D eigenvalue weighted by molar-refractivity contribution is 5.52. The predicted octanol–water partition coefficient (Wildman–Crippen LogP) is 1.81. The largest absolute Gasteiger partial charge is 0.399 e. The van der Waals surface area contributed by atoms with Crippen molar-refractivity contribution in [3.63, 3.8) is 0 Å². The van der Waals surface area contributed by atoms with Crippen molar-refractivity contribution in [2.45, 2.75) is 18.8 Å². The van der Waals surface area contributed by atoms with Gasteiger partial charge in [0.05, 0.1) is 12.3 Å². The van der Waals surface area contributed by atoms with E-state index in [-0.39, 0.29) is 0 Å². The normalized spacial score (nSPS) is 21.4. The lowest BCUT2D eigenvalue weighted by atomic mass is 9.99. The van der Waals surface area contributed by atoms with Crippen LogP contribution in [0.5, 0.6) is 0 Å². The molecule has 1 aliphatic rings. The Morgan fingerprint density at radius 2 is 2.44 bits per heavy atom. The minimum absolute atomic E-state index is 0.440. The van der Waals surface area contributed by atoms with Crippen LogP contribution in [0.2, 0.25) is 0 Å². The van der Waals surface area contributed by atoms with Crippen LogP contribution in [0.25, 0.3) is 5.65 Å². The number of ether oxygens (including phenoxy) is 1. The Bertz CT molecular complexity index is 500. The van der Waals surface area contributed by atoms with Gasteiger partial charge in [0, 0.05) is 36.7 Å². The number of nitrogen functional groups attached to an aromatic ring is 1. The number of pyridine rings is 1. The lowest BCUT2D eigenvalue weighted by Gasteiger charge is -2.19. The third-order valence-electron chi connectivity index (χ3n) is 3.08. The molecule has 2 N–H and O–H groups in total. The van der Waals surface area contributed by atoms with E-state index >= 15 is 0 Å². The summed E-state index contributed by atoms with van der Waals surface area (Å²) in [5.41, 5.74) is 8.52. The molecule has 0 aliphatic carbocycles. The minimum Gasteiger partial charge on any atom is -0.399 e. The first kappa shape index (κ1) is 9.66. The van der Waals surface area contributed by atoms with Crippen molar-refractivity contribution in [2.24, 2.45) is 0 Å². The summed E-state index contributed by atoms with van der Waals surface area (Å²) in [6, 6.07) is 3.78. The summed E-state index contributed by atoms with van der Waals surface area (Å²) < 4.78 is 7.50. The number of aromatic nitrogens is 2. The van der Waals surface area contributed by atoms with E-state index in [1.54, 1.807) is 0 Å². The lowest BCUT2D eigenvalue weighted by Crippen LogP contribution is -2.15. The maximum atomic E-state index is 5.73. The highest BCUT2D eigenvalue weighted by atomic mass is 16.5. The van der Waals surface area contributed by atoms with Crippen molar-refractivity contribution < 1.29 is 4.74 Å². The van der Waals surface area contributed by atoms with E-state index in [0.29, 0.717) is 5.92 Å². The molecule has 1 fully saturated rings. The number of anilines is 1. The molecule has 1 atom stereocenters. The van der Waals surface area contributed by atoms with Gasteiger partial charge in [0.25, 0.3) is 0 Å². The predicted molar refractivity (Wildman–Crippen MR) is 62.4 cm³/mol. The van der Waals surface area contributed by atoms with Crippen molar-refractivity contribution in [3.8, 4) is 0 Å². The van der Waals surface area contributed by atoms with Gasteiger partial charge in [-0.25, -0.2) is 4.98 Å². The third kappa shape index (κ3) is 1.65. The Kier molecular flexibility index (Phi) is 2.29. The molecule has 0 spiro atoms. The monoisotopic (exact) mass is 217 g/mol. The summed E-state index contributed by atoms with van der Waals surface area (Å²) in [5.74, 6) is 0.440. The van der Waals surface area contributed by atoms with Crippen LogP contribution in [0.3, 0.4) is 0 Å². The van der Waals surface area contributed by atoms with Crippen molar-refractivity contribution >= 4 is 11.3 Å². The average molecular weight is 217 g/mol. The molecule has 0 radical (unpaired) electrons. The summed E-state index contributed by atoms with van der Waals surface area (Å²) in [7, 11) is 0. The molecule has 0 saturated carbocycles. The van der Waals surface area contributed by atoms with Crippen LogP contribution in [0.1, 0.15) is 24.5 Å². The van der Waals surface area contributed by atoms with E-state index in [9.17, 15) is 0 Å². The number of hydrogen-bond donors (Lipinski definition) is 1. The van der Waals surface area contributed by atoms with Gasteiger partial charge in [0.2, 0.25) is 0 Å². The van der Waals surface area contributed by atoms with Gasteiger partial charge in [0.15, 0.2) is 0 Å². The smallest absolute Gasteiger partial charge is 0.139 e. The van der Waals surface area contributed by atoms with E-state index in [4.69, 9.17) is 10.5 Å². The second-order valence-electron chi connectivity index (χ2n) is 4.31. The Morgan fingerprint density at radius 3 is 3.25 bits per heavy atom. The highest BCUT2D eigenvalue weighted by Crippen LogP contribution is 2.25. The number of hydrogen-bond acceptors (Lipinski definition) is 3. The van der Waals surface area contributed by atoms with Gasteiger partial charge in [-0.3, -0.25) is 0 Å². The molecule has 0 bridgehead atoms. The number of rotatable bonds is 1. The Labute approximate surface area is 94.0 Å². The fraction of sp³-hybridized carbons (Fsp3) is 0.417. The fourth-order valence-electron chi connectivity index (χ4n) is 2.19. The zero-order chi connectivity index (χ0) is 11.0. The maximum Gasteiger partial charge on any atom is 0.139 e. The van der Waals surface area contributed by atoms with Crippen LogP contribution in [0, 0.1) is 0 Å². The molecule has 1 aliphatic heterocycles. The van der Waals surface area contributed by atoms with Crippen molar-refractivity contribution in [1.29, 1.82) is 0 Å². The zero-order valence-corrected chi connectivity index (χ0v) is 9.10. The van der Waals surface area contributed by atoms with Gasteiger partial charge in [0.1, 0.15) is 5.65 Å². The van der Waals surface area contributed by atoms with Crippen LogP contribution in [0.15, 0.2) is 24.5 Å². The summed E-state index contributed by atoms with van der Waals surface area (Å²) in [6.07, 6.45) is 6.32. The van der Waals surface area contributed by atoms with E-state index in [2.05, 4.69) is 11.2 Å². The van der Waals surface area contributed by atoms with Crippen molar-refractivity contribution in [1.82, 2.24) is 9.38 Å². The van der Waals surface area contributed by atoms with E-state index in [1.807, 2.05) is 22.7 Å². The number of fused-ring (bicyclic) bond motifs is 1. The second kappa shape index (κ2) is 3.79. The van der Waals surface area contributed by atoms with Crippen molar-refractivity contribution in [2.75, 3.05) is 18.9 Å². The van der Waals surface area contributed by atoms with Gasteiger partial charge in [-0.05, 0) is 18.9 Å². The maximum absolute atomic E-state index is 5.73. The molecular weight excluding hydrogens is 202 g/mol. The molecule has 2 aromatic heterocycles. The van der Waals surface area contributed by atoms with Crippen LogP contribution in [-0.4, -0.2) is 22.6 Å². The first-order valence-electron chi connectivity index (χ1n) is 5.65. The zero-order valence-electron chi connectivity index (χ0n) is 9.10. The standard InChI is InChI=1S/C12H15N3O/c13-10-3-4-15-7-11(14-12(15)6-10)9-2-1-5-16-8-9/h3-4,6-7,9H,1-2,5,8,13H2. The number of imidazole rings is 1. The van der Waals surface area contributed by atoms with E-state index < -0.39 is 0 Å². The highest BCUT2D eigenvalue weighted by Gasteiger charge is 2.18. The molecule has 0 aromatic carbocycles. The minimum atomic E-state index is 0.440. The Hall–Kier alpha value is -1.55. The molecule has 0 amide bonds. The van der Waals surface area contributed by atoms with Crippen LogP contribution in [0.4, 0.5) is 5.69 Å². The van der Waals surface area contributed by atoms with Gasteiger partial charge in [-0.15, -0.1) is 0 Å². The lowest BCUT2D eigenvalue weighted by molar-refractivity contribution is 0.0794. The van der Waals surface area contributed by atoms with E-state index in [0.717, 1.165) is 36.7 Å². The van der Waals surface area contributed by atoms with Gasteiger partial charge in [-0.1, -0.05) is 0 Å². The Morgan fingerprint density at radius 1 is 1.50 bits per heavy atom. The van der Waals surface area contributed by atoms with Gasteiger partial charge >= 0.3 is 0 Å². The van der Waals surface area contributed by atoms with Crippen LogP contribution >= 0.6 is 0 Å². The molecule has 4 nitrogen and oxygen atoms in total. The van der Waals surface area contributed by atoms with Gasteiger partial charge < -0.3 is 14.9 Å². The SMILES string of the molecule is Nc1ccn2cc(C3CCCOC3)nc2c1. The second-order valence-corrected chi connectivity index (χ2v) is 4.31.